The van der Waals surface area contributed by atoms with Gasteiger partial charge in [-0.15, -0.1) is 0 Å². The molecule has 2 atom stereocenters. The van der Waals surface area contributed by atoms with Crippen molar-refractivity contribution in [1.29, 1.82) is 0 Å². The van der Waals surface area contributed by atoms with Crippen molar-refractivity contribution < 1.29 is 8.95 Å². The minimum atomic E-state index is -2.74. The maximum atomic E-state index is 11.6. The van der Waals surface area contributed by atoms with Crippen LogP contribution in [0.1, 0.15) is 13.3 Å². The minimum absolute atomic E-state index is 0.414. The van der Waals surface area contributed by atoms with Crippen molar-refractivity contribution in [2.75, 3.05) is 6.61 Å². The molecular formula is C9H15N3O2S. The van der Waals surface area contributed by atoms with Gasteiger partial charge >= 0.3 is 0 Å². The second-order valence-corrected chi connectivity index (χ2v) is 5.86. The third-order valence-corrected chi connectivity index (χ3v) is 3.49. The largest absolute Gasteiger partial charge is 0.477 e. The monoisotopic (exact) mass is 229 g/mol. The molecule has 0 saturated heterocycles. The van der Waals surface area contributed by atoms with E-state index in [2.05, 4.69) is 17.9 Å². The third kappa shape index (κ3) is 2.00. The summed E-state index contributed by atoms with van der Waals surface area (Å²) in [6.07, 6.45) is 2.45. The van der Waals surface area contributed by atoms with E-state index in [1.54, 1.807) is 4.68 Å². The van der Waals surface area contributed by atoms with E-state index in [-0.39, 0.29) is 0 Å². The Balaban J connectivity index is 2.47. The minimum Gasteiger partial charge on any atom is -0.477 e. The first-order chi connectivity index (χ1) is 6.98. The normalized spacial score (nSPS) is 24.8. The molecule has 15 heavy (non-hydrogen) atoms. The van der Waals surface area contributed by atoms with Gasteiger partial charge in [-0.2, -0.15) is 5.10 Å². The van der Waals surface area contributed by atoms with Crippen molar-refractivity contribution in [1.82, 2.24) is 9.78 Å². The number of aromatic nitrogens is 2. The number of nitrogens with zero attached hydrogens (tertiary/aromatic N) is 2. The van der Waals surface area contributed by atoms with E-state index in [0.29, 0.717) is 23.3 Å². The molecule has 0 aromatic carbocycles. The summed E-state index contributed by atoms with van der Waals surface area (Å²) in [5.74, 6) is 4.46. The standard InChI is InChI=1S/C9H15N3O2S/c1-7-3-4-14-9-8(15(2,10)13)5-11-12(9)6-7/h5,7H,2-4,6H2,1H3,(H2,10,13). The number of fused-ring (bicyclic) bond motifs is 1. The van der Waals surface area contributed by atoms with Gasteiger partial charge in [0.05, 0.1) is 22.5 Å². The van der Waals surface area contributed by atoms with E-state index >= 15 is 0 Å². The Morgan fingerprint density at radius 1 is 1.80 bits per heavy atom. The summed E-state index contributed by atoms with van der Waals surface area (Å²) in [7, 11) is -2.74. The molecule has 6 heteroatoms. The quantitative estimate of drug-likeness (QED) is 0.702. The number of ether oxygens (including phenoxy) is 1. The highest BCUT2D eigenvalue weighted by Gasteiger charge is 2.21. The fourth-order valence-corrected chi connectivity index (χ4v) is 2.30. The number of nitrogens with two attached hydrogens (primary N) is 1. The summed E-state index contributed by atoms with van der Waals surface area (Å²) >= 11 is 0. The molecule has 1 aromatic rings. The predicted molar refractivity (Wildman–Crippen MR) is 59.2 cm³/mol. The van der Waals surface area contributed by atoms with Crippen LogP contribution in [0.15, 0.2) is 11.1 Å². The molecule has 1 aromatic heterocycles. The van der Waals surface area contributed by atoms with Crippen molar-refractivity contribution >= 4 is 15.6 Å². The van der Waals surface area contributed by atoms with E-state index in [0.717, 1.165) is 13.0 Å². The first kappa shape index (κ1) is 10.5. The van der Waals surface area contributed by atoms with Crippen LogP contribution in [0.25, 0.3) is 0 Å². The Labute approximate surface area is 89.4 Å². The van der Waals surface area contributed by atoms with Crippen molar-refractivity contribution in [2.45, 2.75) is 24.8 Å². The van der Waals surface area contributed by atoms with Crippen molar-refractivity contribution in [2.24, 2.45) is 11.1 Å². The summed E-state index contributed by atoms with van der Waals surface area (Å²) in [6, 6.07) is 0. The summed E-state index contributed by atoms with van der Waals surface area (Å²) in [5, 5.41) is 9.62. The number of hydrogen-bond acceptors (Lipinski definition) is 3. The second-order valence-electron chi connectivity index (χ2n) is 3.96. The maximum absolute atomic E-state index is 11.6. The first-order valence-corrected chi connectivity index (χ1v) is 6.61. The van der Waals surface area contributed by atoms with Gasteiger partial charge in [0.2, 0.25) is 5.88 Å². The van der Waals surface area contributed by atoms with Crippen molar-refractivity contribution in [3.05, 3.63) is 6.20 Å². The lowest BCUT2D eigenvalue weighted by atomic mass is 10.1. The first-order valence-electron chi connectivity index (χ1n) is 4.82. The van der Waals surface area contributed by atoms with E-state index in [4.69, 9.17) is 9.88 Å². The van der Waals surface area contributed by atoms with Crippen LogP contribution in [0, 0.1) is 5.92 Å². The third-order valence-electron chi connectivity index (χ3n) is 2.47. The van der Waals surface area contributed by atoms with E-state index in [9.17, 15) is 4.21 Å². The molecule has 0 bridgehead atoms. The molecule has 1 aliphatic rings. The lowest BCUT2D eigenvalue weighted by Crippen LogP contribution is -2.13. The molecule has 1 aliphatic heterocycles. The van der Waals surface area contributed by atoms with Gasteiger partial charge in [0.15, 0.2) is 0 Å². The Morgan fingerprint density at radius 3 is 3.20 bits per heavy atom. The highest BCUT2D eigenvalue weighted by atomic mass is 32.2. The molecule has 0 amide bonds. The van der Waals surface area contributed by atoms with Gasteiger partial charge in [-0.05, 0) is 18.2 Å². The van der Waals surface area contributed by atoms with Crippen LogP contribution in [-0.4, -0.2) is 26.5 Å². The SMILES string of the molecule is C=S(N)(=O)c1cnn2c1OCCC(C)C2. The molecule has 84 valence electrons. The summed E-state index contributed by atoms with van der Waals surface area (Å²) in [6.45, 7) is 3.50. The van der Waals surface area contributed by atoms with Crippen LogP contribution < -0.4 is 9.88 Å². The van der Waals surface area contributed by atoms with Gasteiger partial charge in [-0.3, -0.25) is 5.14 Å². The number of rotatable bonds is 1. The topological polar surface area (TPSA) is 70.1 Å². The summed E-state index contributed by atoms with van der Waals surface area (Å²) in [4.78, 5) is 0.414. The van der Waals surface area contributed by atoms with Gasteiger partial charge in [0, 0.05) is 6.54 Å². The lowest BCUT2D eigenvalue weighted by molar-refractivity contribution is 0.288. The molecule has 0 saturated carbocycles. The average molecular weight is 229 g/mol. The van der Waals surface area contributed by atoms with Crippen molar-refractivity contribution in [3.8, 4) is 5.88 Å². The molecule has 5 nitrogen and oxygen atoms in total. The van der Waals surface area contributed by atoms with E-state index < -0.39 is 9.71 Å². The highest BCUT2D eigenvalue weighted by Crippen LogP contribution is 2.26. The molecule has 2 heterocycles. The predicted octanol–water partition coefficient (Wildman–Crippen LogP) is 0.251. The molecule has 2 N–H and O–H groups in total. The Hall–Kier alpha value is -1.01. The van der Waals surface area contributed by atoms with Gasteiger partial charge in [0.1, 0.15) is 4.90 Å². The van der Waals surface area contributed by atoms with Gasteiger partial charge < -0.3 is 4.74 Å². The zero-order valence-electron chi connectivity index (χ0n) is 8.68. The molecule has 0 radical (unpaired) electrons. The summed E-state index contributed by atoms with van der Waals surface area (Å²) in [5.41, 5.74) is 0. The Bertz CT molecular complexity index is 464. The van der Waals surface area contributed by atoms with Crippen LogP contribution in [0.2, 0.25) is 0 Å². The van der Waals surface area contributed by atoms with Gasteiger partial charge in [0.25, 0.3) is 0 Å². The van der Waals surface area contributed by atoms with Crippen LogP contribution in [0.5, 0.6) is 5.88 Å². The van der Waals surface area contributed by atoms with Crippen LogP contribution in [0.4, 0.5) is 0 Å². The zero-order valence-corrected chi connectivity index (χ0v) is 9.50. The Morgan fingerprint density at radius 2 is 2.53 bits per heavy atom. The maximum Gasteiger partial charge on any atom is 0.229 e. The molecular weight excluding hydrogens is 214 g/mol. The van der Waals surface area contributed by atoms with Crippen LogP contribution >= 0.6 is 0 Å². The van der Waals surface area contributed by atoms with E-state index in [1.807, 2.05) is 0 Å². The molecule has 2 unspecified atom stereocenters. The van der Waals surface area contributed by atoms with Gasteiger partial charge in [-0.1, -0.05) is 6.92 Å². The molecule has 0 aliphatic carbocycles. The van der Waals surface area contributed by atoms with Crippen LogP contribution in [0.3, 0.4) is 0 Å². The highest BCUT2D eigenvalue weighted by molar-refractivity contribution is 7.98. The van der Waals surface area contributed by atoms with E-state index in [1.165, 1.54) is 6.20 Å². The lowest BCUT2D eigenvalue weighted by Gasteiger charge is -2.06. The molecule has 0 fully saturated rings. The fourth-order valence-electron chi connectivity index (χ4n) is 1.61. The summed E-state index contributed by atoms with van der Waals surface area (Å²) < 4.78 is 18.9. The molecule has 0 spiro atoms. The zero-order chi connectivity index (χ0) is 11.1. The van der Waals surface area contributed by atoms with Gasteiger partial charge in [-0.25, -0.2) is 8.89 Å². The smallest absolute Gasteiger partial charge is 0.229 e. The average Bonchev–Trinajstić information content (AvgIpc) is 2.40. The second kappa shape index (κ2) is 3.53. The van der Waals surface area contributed by atoms with Crippen molar-refractivity contribution in [3.63, 3.8) is 0 Å². The number of hydrogen-bond donors (Lipinski definition) is 1. The molecule has 2 rings (SSSR count). The fraction of sp³-hybridized carbons (Fsp3) is 0.556. The Kier molecular flexibility index (Phi) is 2.47. The van der Waals surface area contributed by atoms with Crippen LogP contribution in [-0.2, 0) is 16.3 Å².